The third-order valence-electron chi connectivity index (χ3n) is 2.99. The van der Waals surface area contributed by atoms with Gasteiger partial charge in [0.1, 0.15) is 12.4 Å². The van der Waals surface area contributed by atoms with Crippen molar-refractivity contribution in [2.75, 3.05) is 26.2 Å². The Kier molecular flexibility index (Phi) is 5.03. The monoisotopic (exact) mass is 313 g/mol. The third kappa shape index (κ3) is 4.26. The molecule has 100 valence electrons. The van der Waals surface area contributed by atoms with Crippen molar-refractivity contribution in [3.05, 3.63) is 28.7 Å². The first-order chi connectivity index (χ1) is 8.63. The minimum Gasteiger partial charge on any atom is -0.492 e. The van der Waals surface area contributed by atoms with Gasteiger partial charge in [-0.15, -0.1) is 0 Å². The zero-order chi connectivity index (χ0) is 13.0. The maximum Gasteiger partial charge on any atom is 0.119 e. The van der Waals surface area contributed by atoms with Gasteiger partial charge in [-0.1, -0.05) is 15.9 Å². The van der Waals surface area contributed by atoms with Gasteiger partial charge in [-0.25, -0.2) is 0 Å². The molecule has 0 amide bonds. The number of morpholine rings is 1. The molecule has 0 N–H and O–H groups in total. The molecule has 1 aromatic rings. The van der Waals surface area contributed by atoms with Gasteiger partial charge in [0, 0.05) is 24.1 Å². The molecule has 0 spiro atoms. The molecule has 1 aliphatic heterocycles. The fraction of sp³-hybridized carbons (Fsp3) is 0.571. The molecule has 1 aromatic carbocycles. The van der Waals surface area contributed by atoms with Crippen molar-refractivity contribution >= 4 is 15.9 Å². The summed E-state index contributed by atoms with van der Waals surface area (Å²) in [4.78, 5) is 2.40. The minimum atomic E-state index is 0.321. The van der Waals surface area contributed by atoms with E-state index in [9.17, 15) is 0 Å². The normalized spacial score (nSPS) is 25.1. The van der Waals surface area contributed by atoms with E-state index in [1.165, 1.54) is 0 Å². The van der Waals surface area contributed by atoms with E-state index in [4.69, 9.17) is 9.47 Å². The van der Waals surface area contributed by atoms with E-state index in [2.05, 4.69) is 34.7 Å². The summed E-state index contributed by atoms with van der Waals surface area (Å²) in [7, 11) is 0. The van der Waals surface area contributed by atoms with Gasteiger partial charge in [0.05, 0.1) is 12.2 Å². The zero-order valence-electron chi connectivity index (χ0n) is 10.9. The molecular formula is C14H20BrNO2. The van der Waals surface area contributed by atoms with E-state index < -0.39 is 0 Å². The van der Waals surface area contributed by atoms with Crippen LogP contribution in [0.4, 0.5) is 0 Å². The molecule has 2 atom stereocenters. The Morgan fingerprint density at radius 2 is 1.83 bits per heavy atom. The van der Waals surface area contributed by atoms with Crippen LogP contribution in [-0.2, 0) is 4.74 Å². The van der Waals surface area contributed by atoms with Crippen molar-refractivity contribution in [2.45, 2.75) is 26.1 Å². The summed E-state index contributed by atoms with van der Waals surface area (Å²) in [6.07, 6.45) is 0.642. The van der Waals surface area contributed by atoms with Crippen molar-refractivity contribution in [3.63, 3.8) is 0 Å². The number of ether oxygens (including phenoxy) is 2. The second-order valence-electron chi connectivity index (χ2n) is 4.82. The Hall–Kier alpha value is -0.580. The molecule has 1 saturated heterocycles. The Labute approximate surface area is 117 Å². The van der Waals surface area contributed by atoms with E-state index >= 15 is 0 Å². The molecule has 1 aliphatic rings. The fourth-order valence-electron chi connectivity index (χ4n) is 2.29. The highest BCUT2D eigenvalue weighted by atomic mass is 79.9. The van der Waals surface area contributed by atoms with Gasteiger partial charge in [-0.2, -0.15) is 0 Å². The summed E-state index contributed by atoms with van der Waals surface area (Å²) in [5.41, 5.74) is 0. The van der Waals surface area contributed by atoms with Gasteiger partial charge in [0.25, 0.3) is 0 Å². The standard InChI is InChI=1S/C14H20BrNO2/c1-11-9-16(10-12(2)18-11)7-8-17-14-5-3-13(15)4-6-14/h3-6,11-12H,7-10H2,1-2H3. The highest BCUT2D eigenvalue weighted by molar-refractivity contribution is 9.10. The lowest BCUT2D eigenvalue weighted by Crippen LogP contribution is -2.46. The predicted molar refractivity (Wildman–Crippen MR) is 76.1 cm³/mol. The summed E-state index contributed by atoms with van der Waals surface area (Å²) in [5, 5.41) is 0. The van der Waals surface area contributed by atoms with Crippen molar-refractivity contribution in [3.8, 4) is 5.75 Å². The summed E-state index contributed by atoms with van der Waals surface area (Å²) in [6.45, 7) is 7.91. The van der Waals surface area contributed by atoms with Crippen LogP contribution < -0.4 is 4.74 Å². The molecule has 0 aromatic heterocycles. The van der Waals surface area contributed by atoms with Crippen LogP contribution in [0.5, 0.6) is 5.75 Å². The summed E-state index contributed by atoms with van der Waals surface area (Å²) in [6, 6.07) is 7.95. The van der Waals surface area contributed by atoms with Crippen molar-refractivity contribution in [1.29, 1.82) is 0 Å². The second kappa shape index (κ2) is 6.55. The average molecular weight is 314 g/mol. The largest absolute Gasteiger partial charge is 0.492 e. The number of nitrogens with zero attached hydrogens (tertiary/aromatic N) is 1. The van der Waals surface area contributed by atoms with Crippen LogP contribution in [0, 0.1) is 0 Å². The first kappa shape index (κ1) is 13.8. The summed E-state index contributed by atoms with van der Waals surface area (Å²) < 4.78 is 12.5. The topological polar surface area (TPSA) is 21.7 Å². The number of benzene rings is 1. The summed E-state index contributed by atoms with van der Waals surface area (Å²) in [5.74, 6) is 0.924. The third-order valence-corrected chi connectivity index (χ3v) is 3.51. The lowest BCUT2D eigenvalue weighted by atomic mass is 10.2. The molecule has 1 fully saturated rings. The van der Waals surface area contributed by atoms with Crippen LogP contribution in [-0.4, -0.2) is 43.3 Å². The predicted octanol–water partition coefficient (Wildman–Crippen LogP) is 2.94. The van der Waals surface area contributed by atoms with Crippen molar-refractivity contribution < 1.29 is 9.47 Å². The number of rotatable bonds is 4. The highest BCUT2D eigenvalue weighted by Crippen LogP contribution is 2.16. The van der Waals surface area contributed by atoms with E-state index in [1.54, 1.807) is 0 Å². The Morgan fingerprint density at radius 3 is 2.44 bits per heavy atom. The fourth-order valence-corrected chi connectivity index (χ4v) is 2.55. The highest BCUT2D eigenvalue weighted by Gasteiger charge is 2.21. The first-order valence-electron chi connectivity index (χ1n) is 6.39. The molecule has 0 radical (unpaired) electrons. The maximum atomic E-state index is 5.73. The minimum absolute atomic E-state index is 0.321. The van der Waals surface area contributed by atoms with Gasteiger partial charge < -0.3 is 9.47 Å². The molecule has 3 nitrogen and oxygen atoms in total. The smallest absolute Gasteiger partial charge is 0.119 e. The van der Waals surface area contributed by atoms with E-state index in [1.807, 2.05) is 24.3 Å². The Balaban J connectivity index is 1.73. The summed E-state index contributed by atoms with van der Waals surface area (Å²) >= 11 is 3.41. The molecule has 0 saturated carbocycles. The number of halogens is 1. The van der Waals surface area contributed by atoms with Crippen LogP contribution in [0.1, 0.15) is 13.8 Å². The van der Waals surface area contributed by atoms with E-state index in [0.29, 0.717) is 12.2 Å². The average Bonchev–Trinajstić information content (AvgIpc) is 2.30. The quantitative estimate of drug-likeness (QED) is 0.853. The number of hydrogen-bond acceptors (Lipinski definition) is 3. The van der Waals surface area contributed by atoms with Gasteiger partial charge >= 0.3 is 0 Å². The molecule has 2 unspecified atom stereocenters. The molecule has 0 aliphatic carbocycles. The first-order valence-corrected chi connectivity index (χ1v) is 7.19. The van der Waals surface area contributed by atoms with Gasteiger partial charge in [0.15, 0.2) is 0 Å². The Bertz CT molecular complexity index is 359. The molecule has 2 rings (SSSR count). The van der Waals surface area contributed by atoms with Gasteiger partial charge in [-0.05, 0) is 38.1 Å². The van der Waals surface area contributed by atoms with Crippen LogP contribution in [0.2, 0.25) is 0 Å². The van der Waals surface area contributed by atoms with Crippen LogP contribution in [0.15, 0.2) is 28.7 Å². The SMILES string of the molecule is CC1CN(CCOc2ccc(Br)cc2)CC(C)O1. The molecule has 4 heteroatoms. The van der Waals surface area contributed by atoms with Gasteiger partial charge in [-0.3, -0.25) is 4.90 Å². The zero-order valence-corrected chi connectivity index (χ0v) is 12.5. The van der Waals surface area contributed by atoms with Crippen LogP contribution >= 0.6 is 15.9 Å². The molecule has 1 heterocycles. The van der Waals surface area contributed by atoms with E-state index in [0.717, 1.165) is 36.5 Å². The number of hydrogen-bond donors (Lipinski definition) is 0. The van der Waals surface area contributed by atoms with Crippen molar-refractivity contribution in [2.24, 2.45) is 0 Å². The van der Waals surface area contributed by atoms with Crippen molar-refractivity contribution in [1.82, 2.24) is 4.90 Å². The lowest BCUT2D eigenvalue weighted by Gasteiger charge is -2.35. The molecule has 18 heavy (non-hydrogen) atoms. The van der Waals surface area contributed by atoms with Crippen LogP contribution in [0.3, 0.4) is 0 Å². The van der Waals surface area contributed by atoms with Gasteiger partial charge in [0.2, 0.25) is 0 Å². The Morgan fingerprint density at radius 1 is 1.22 bits per heavy atom. The molecular weight excluding hydrogens is 294 g/mol. The van der Waals surface area contributed by atoms with Crippen LogP contribution in [0.25, 0.3) is 0 Å². The second-order valence-corrected chi connectivity index (χ2v) is 5.73. The maximum absolute atomic E-state index is 5.73. The lowest BCUT2D eigenvalue weighted by molar-refractivity contribution is -0.0699. The molecule has 0 bridgehead atoms. The van der Waals surface area contributed by atoms with E-state index in [-0.39, 0.29) is 0 Å².